The lowest BCUT2D eigenvalue weighted by Crippen LogP contribution is -2.35. The molecule has 0 saturated carbocycles. The molecule has 0 heterocycles. The SMILES string of the molecule is Cc1cccc(C)c1NC(=O)CNC(=S)Nc1cccc(Br)c1. The zero-order chi connectivity index (χ0) is 16.8. The van der Waals surface area contributed by atoms with Gasteiger partial charge >= 0.3 is 0 Å². The third kappa shape index (κ3) is 5.33. The van der Waals surface area contributed by atoms with Crippen molar-refractivity contribution in [2.75, 3.05) is 17.2 Å². The first-order valence-corrected chi connectivity index (χ1v) is 8.32. The quantitative estimate of drug-likeness (QED) is 0.689. The van der Waals surface area contributed by atoms with E-state index in [4.69, 9.17) is 12.2 Å². The van der Waals surface area contributed by atoms with Crippen molar-refractivity contribution >= 4 is 50.5 Å². The molecule has 0 unspecified atom stereocenters. The maximum absolute atomic E-state index is 12.1. The van der Waals surface area contributed by atoms with Crippen LogP contribution in [0.4, 0.5) is 11.4 Å². The second kappa shape index (κ2) is 8.08. The molecule has 3 N–H and O–H groups in total. The molecule has 0 saturated heterocycles. The average molecular weight is 392 g/mol. The number of carbonyl (C=O) groups excluding carboxylic acids is 1. The molecule has 0 spiro atoms. The number of halogens is 1. The highest BCUT2D eigenvalue weighted by atomic mass is 79.9. The normalized spacial score (nSPS) is 10.0. The van der Waals surface area contributed by atoms with Gasteiger partial charge < -0.3 is 16.0 Å². The van der Waals surface area contributed by atoms with Crippen molar-refractivity contribution in [1.29, 1.82) is 0 Å². The molecule has 2 aromatic carbocycles. The summed E-state index contributed by atoms with van der Waals surface area (Å²) < 4.78 is 0.957. The first kappa shape index (κ1) is 17.4. The lowest BCUT2D eigenvalue weighted by Gasteiger charge is -2.13. The van der Waals surface area contributed by atoms with Crippen molar-refractivity contribution in [3.8, 4) is 0 Å². The molecule has 0 aromatic heterocycles. The molecule has 2 rings (SSSR count). The van der Waals surface area contributed by atoms with E-state index in [0.717, 1.165) is 27.0 Å². The number of nitrogens with one attached hydrogen (secondary N) is 3. The highest BCUT2D eigenvalue weighted by molar-refractivity contribution is 9.10. The Morgan fingerprint density at radius 2 is 1.74 bits per heavy atom. The van der Waals surface area contributed by atoms with Gasteiger partial charge in [0.25, 0.3) is 0 Å². The molecule has 23 heavy (non-hydrogen) atoms. The lowest BCUT2D eigenvalue weighted by atomic mass is 10.1. The number of amides is 1. The van der Waals surface area contributed by atoms with Crippen molar-refractivity contribution in [1.82, 2.24) is 5.32 Å². The molecular formula is C17H18BrN3OS. The van der Waals surface area contributed by atoms with Gasteiger partial charge in [0.1, 0.15) is 0 Å². The standard InChI is InChI=1S/C17H18BrN3OS/c1-11-5-3-6-12(2)16(11)21-15(22)10-19-17(23)20-14-8-4-7-13(18)9-14/h3-9H,10H2,1-2H3,(H,21,22)(H2,19,20,23). The van der Waals surface area contributed by atoms with Crippen LogP contribution in [0, 0.1) is 13.8 Å². The topological polar surface area (TPSA) is 53.2 Å². The number of aryl methyl sites for hydroxylation is 2. The third-order valence-electron chi connectivity index (χ3n) is 3.24. The number of hydrogen-bond donors (Lipinski definition) is 3. The Balaban J connectivity index is 1.85. The third-order valence-corrected chi connectivity index (χ3v) is 3.98. The van der Waals surface area contributed by atoms with Gasteiger partial charge in [0.05, 0.1) is 6.54 Å². The summed E-state index contributed by atoms with van der Waals surface area (Å²) in [5.74, 6) is -0.138. The Kier molecular flexibility index (Phi) is 6.12. The maximum atomic E-state index is 12.1. The number of thiocarbonyl (C=S) groups is 1. The predicted octanol–water partition coefficient (Wildman–Crippen LogP) is 3.99. The van der Waals surface area contributed by atoms with E-state index in [-0.39, 0.29) is 12.5 Å². The van der Waals surface area contributed by atoms with Gasteiger partial charge in [-0.3, -0.25) is 4.79 Å². The molecule has 6 heteroatoms. The molecule has 0 aliphatic rings. The molecule has 0 fully saturated rings. The summed E-state index contributed by atoms with van der Waals surface area (Å²) in [6, 6.07) is 13.5. The molecule has 0 aliphatic heterocycles. The van der Waals surface area contributed by atoms with Crippen molar-refractivity contribution in [3.05, 3.63) is 58.1 Å². The summed E-state index contributed by atoms with van der Waals surface area (Å²) >= 11 is 8.59. The summed E-state index contributed by atoms with van der Waals surface area (Å²) in [4.78, 5) is 12.1. The average Bonchev–Trinajstić information content (AvgIpc) is 2.49. The van der Waals surface area contributed by atoms with Crippen molar-refractivity contribution in [3.63, 3.8) is 0 Å². The van der Waals surface area contributed by atoms with E-state index in [0.29, 0.717) is 5.11 Å². The van der Waals surface area contributed by atoms with Crippen LogP contribution in [0.1, 0.15) is 11.1 Å². The summed E-state index contributed by atoms with van der Waals surface area (Å²) in [5.41, 5.74) is 3.78. The minimum Gasteiger partial charge on any atom is -0.353 e. The number of carbonyl (C=O) groups is 1. The van der Waals surface area contributed by atoms with Crippen LogP contribution in [0.2, 0.25) is 0 Å². The Morgan fingerprint density at radius 3 is 2.39 bits per heavy atom. The van der Waals surface area contributed by atoms with Crippen LogP contribution in [0.5, 0.6) is 0 Å². The van der Waals surface area contributed by atoms with Crippen LogP contribution in [0.25, 0.3) is 0 Å². The zero-order valence-corrected chi connectivity index (χ0v) is 15.3. The fraction of sp³-hybridized carbons (Fsp3) is 0.176. The largest absolute Gasteiger partial charge is 0.353 e. The van der Waals surface area contributed by atoms with Gasteiger partial charge in [0.2, 0.25) is 5.91 Å². The second-order valence-corrected chi connectivity index (χ2v) is 6.46. The van der Waals surface area contributed by atoms with Crippen LogP contribution in [0.3, 0.4) is 0 Å². The Hall–Kier alpha value is -1.92. The van der Waals surface area contributed by atoms with Gasteiger partial charge in [-0.2, -0.15) is 0 Å². The summed E-state index contributed by atoms with van der Waals surface area (Å²) in [6.45, 7) is 4.04. The van der Waals surface area contributed by atoms with E-state index >= 15 is 0 Å². The minimum atomic E-state index is -0.138. The smallest absolute Gasteiger partial charge is 0.243 e. The van der Waals surface area contributed by atoms with Gasteiger partial charge in [-0.15, -0.1) is 0 Å². The fourth-order valence-electron chi connectivity index (χ4n) is 2.10. The van der Waals surface area contributed by atoms with Crippen LogP contribution in [0.15, 0.2) is 46.9 Å². The van der Waals surface area contributed by atoms with Crippen molar-refractivity contribution in [2.45, 2.75) is 13.8 Å². The minimum absolute atomic E-state index is 0.105. The molecule has 0 bridgehead atoms. The van der Waals surface area contributed by atoms with E-state index in [1.165, 1.54) is 0 Å². The molecule has 4 nitrogen and oxygen atoms in total. The Morgan fingerprint density at radius 1 is 1.09 bits per heavy atom. The number of para-hydroxylation sites is 1. The van der Waals surface area contributed by atoms with Crippen LogP contribution in [-0.4, -0.2) is 17.6 Å². The van der Waals surface area contributed by atoms with E-state index in [2.05, 4.69) is 31.9 Å². The fourth-order valence-corrected chi connectivity index (χ4v) is 2.69. The number of hydrogen-bond acceptors (Lipinski definition) is 2. The first-order chi connectivity index (χ1) is 11.0. The Labute approximate surface area is 149 Å². The zero-order valence-electron chi connectivity index (χ0n) is 12.9. The first-order valence-electron chi connectivity index (χ1n) is 7.12. The predicted molar refractivity (Wildman–Crippen MR) is 103 cm³/mol. The van der Waals surface area contributed by atoms with Crippen molar-refractivity contribution in [2.24, 2.45) is 0 Å². The molecule has 0 atom stereocenters. The summed E-state index contributed by atoms with van der Waals surface area (Å²) in [6.07, 6.45) is 0. The second-order valence-electron chi connectivity index (χ2n) is 5.13. The molecular weight excluding hydrogens is 374 g/mol. The monoisotopic (exact) mass is 391 g/mol. The number of benzene rings is 2. The van der Waals surface area contributed by atoms with Crippen LogP contribution < -0.4 is 16.0 Å². The number of anilines is 2. The van der Waals surface area contributed by atoms with Gasteiger partial charge in [-0.05, 0) is 55.4 Å². The molecule has 2 aromatic rings. The van der Waals surface area contributed by atoms with E-state index in [1.54, 1.807) is 0 Å². The molecule has 0 aliphatic carbocycles. The summed E-state index contributed by atoms with van der Waals surface area (Å²) in [7, 11) is 0. The number of rotatable bonds is 4. The molecule has 120 valence electrons. The maximum Gasteiger partial charge on any atom is 0.243 e. The molecule has 0 radical (unpaired) electrons. The molecule has 1 amide bonds. The van der Waals surface area contributed by atoms with Crippen LogP contribution in [-0.2, 0) is 4.79 Å². The van der Waals surface area contributed by atoms with Gasteiger partial charge in [-0.25, -0.2) is 0 Å². The van der Waals surface area contributed by atoms with Gasteiger partial charge in [-0.1, -0.05) is 40.2 Å². The lowest BCUT2D eigenvalue weighted by molar-refractivity contribution is -0.115. The van der Waals surface area contributed by atoms with Gasteiger partial charge in [0.15, 0.2) is 5.11 Å². The summed E-state index contributed by atoms with van der Waals surface area (Å²) in [5, 5.41) is 9.25. The van der Waals surface area contributed by atoms with Crippen molar-refractivity contribution < 1.29 is 4.79 Å². The Bertz CT molecular complexity index is 713. The van der Waals surface area contributed by atoms with E-state index in [1.807, 2.05) is 56.3 Å². The van der Waals surface area contributed by atoms with E-state index in [9.17, 15) is 4.79 Å². The van der Waals surface area contributed by atoms with Crippen LogP contribution >= 0.6 is 28.1 Å². The highest BCUT2D eigenvalue weighted by Gasteiger charge is 2.07. The highest BCUT2D eigenvalue weighted by Crippen LogP contribution is 2.19. The van der Waals surface area contributed by atoms with E-state index < -0.39 is 0 Å². The van der Waals surface area contributed by atoms with Gasteiger partial charge in [0, 0.05) is 15.8 Å².